The first-order chi connectivity index (χ1) is 8.08. The van der Waals surface area contributed by atoms with Crippen LogP contribution in [0.4, 0.5) is 8.78 Å². The minimum atomic E-state index is -3.71. The van der Waals surface area contributed by atoms with Crippen LogP contribution in [0.25, 0.3) is 0 Å². The molecule has 0 aliphatic heterocycles. The van der Waals surface area contributed by atoms with Crippen molar-refractivity contribution in [3.8, 4) is 6.07 Å². The van der Waals surface area contributed by atoms with Gasteiger partial charge in [-0.1, -0.05) is 0 Å². The maximum Gasteiger partial charge on any atom is 0.245 e. The molecule has 106 valence electrons. The molecule has 0 rings (SSSR count). The molecule has 0 fully saturated rings. The smallest absolute Gasteiger partial charge is 0.245 e. The van der Waals surface area contributed by atoms with Crippen LogP contribution < -0.4 is 0 Å². The van der Waals surface area contributed by atoms with Crippen molar-refractivity contribution >= 4 is 9.84 Å². The summed E-state index contributed by atoms with van der Waals surface area (Å²) >= 11 is 0. The average molecular weight is 283 g/mol. The average Bonchev–Trinajstić information content (AvgIpc) is 2.15. The third-order valence-electron chi connectivity index (χ3n) is 2.24. The summed E-state index contributed by atoms with van der Waals surface area (Å²) in [4.78, 5) is 0. The maximum absolute atomic E-state index is 12.6. The number of ether oxygens (including phenoxy) is 1. The third kappa shape index (κ3) is 7.56. The van der Waals surface area contributed by atoms with Crippen LogP contribution in [0.15, 0.2) is 0 Å². The largest absolute Gasteiger partial charge is 0.378 e. The van der Waals surface area contributed by atoms with Gasteiger partial charge < -0.3 is 4.74 Å². The zero-order valence-electron chi connectivity index (χ0n) is 10.8. The Labute approximate surface area is 107 Å². The molecule has 0 amide bonds. The number of rotatable bonds is 8. The van der Waals surface area contributed by atoms with Gasteiger partial charge in [-0.15, -0.1) is 0 Å². The molecule has 0 aliphatic carbocycles. The fourth-order valence-corrected chi connectivity index (χ4v) is 2.50. The van der Waals surface area contributed by atoms with Crippen molar-refractivity contribution in [2.24, 2.45) is 0 Å². The van der Waals surface area contributed by atoms with Crippen LogP contribution in [0.1, 0.15) is 33.6 Å². The zero-order chi connectivity index (χ0) is 14.4. The van der Waals surface area contributed by atoms with Gasteiger partial charge in [0, 0.05) is 6.42 Å². The van der Waals surface area contributed by atoms with Crippen molar-refractivity contribution in [1.29, 1.82) is 5.26 Å². The first kappa shape index (κ1) is 17.3. The van der Waals surface area contributed by atoms with Gasteiger partial charge in [-0.25, -0.2) is 17.2 Å². The fourth-order valence-electron chi connectivity index (χ4n) is 1.25. The molecule has 4 nitrogen and oxygen atoms in total. The lowest BCUT2D eigenvalue weighted by Gasteiger charge is -2.14. The first-order valence-electron chi connectivity index (χ1n) is 5.69. The summed E-state index contributed by atoms with van der Waals surface area (Å²) in [5.74, 6) is -3.28. The van der Waals surface area contributed by atoms with Gasteiger partial charge in [0.1, 0.15) is 5.25 Å². The highest BCUT2D eigenvalue weighted by atomic mass is 32.2. The fraction of sp³-hybridized carbons (Fsp3) is 0.909. The number of nitriles is 1. The summed E-state index contributed by atoms with van der Waals surface area (Å²) in [5.41, 5.74) is 0. The first-order valence-corrected chi connectivity index (χ1v) is 7.40. The second kappa shape index (κ2) is 7.00. The van der Waals surface area contributed by atoms with E-state index in [9.17, 15) is 17.2 Å². The number of nitrogens with zero attached hydrogens (tertiary/aromatic N) is 1. The van der Waals surface area contributed by atoms with Gasteiger partial charge in [-0.2, -0.15) is 5.26 Å². The van der Waals surface area contributed by atoms with Gasteiger partial charge >= 0.3 is 0 Å². The number of halogens is 2. The van der Waals surface area contributed by atoms with Crippen LogP contribution in [0.2, 0.25) is 0 Å². The molecule has 0 heterocycles. The lowest BCUT2D eigenvalue weighted by molar-refractivity contribution is 0.0116. The lowest BCUT2D eigenvalue weighted by atomic mass is 10.2. The molecule has 1 unspecified atom stereocenters. The van der Waals surface area contributed by atoms with E-state index in [1.807, 2.05) is 0 Å². The molecule has 0 aliphatic rings. The van der Waals surface area contributed by atoms with E-state index in [0.29, 0.717) is 6.92 Å². The summed E-state index contributed by atoms with van der Waals surface area (Å²) in [6, 6.07) is 1.58. The lowest BCUT2D eigenvalue weighted by Crippen LogP contribution is -2.27. The molecule has 0 spiro atoms. The SMILES string of the molecule is CC(C)OCCS(=O)(=O)C(C#N)CCC(C)(F)F. The Morgan fingerprint density at radius 2 is 1.94 bits per heavy atom. The number of hydrogen-bond donors (Lipinski definition) is 0. The van der Waals surface area contributed by atoms with E-state index in [4.69, 9.17) is 10.00 Å². The van der Waals surface area contributed by atoms with Crippen molar-refractivity contribution in [3.63, 3.8) is 0 Å². The highest BCUT2D eigenvalue weighted by molar-refractivity contribution is 7.92. The van der Waals surface area contributed by atoms with Gasteiger partial charge in [0.2, 0.25) is 5.92 Å². The van der Waals surface area contributed by atoms with Crippen molar-refractivity contribution in [1.82, 2.24) is 0 Å². The molecule has 0 saturated heterocycles. The van der Waals surface area contributed by atoms with Crippen LogP contribution in [0.5, 0.6) is 0 Å². The Hall–Kier alpha value is -0.740. The minimum Gasteiger partial charge on any atom is -0.378 e. The standard InChI is InChI=1S/C11H19F2NO3S/c1-9(2)17-6-7-18(15,16)10(8-14)4-5-11(3,12)13/h9-10H,4-7H2,1-3H3. The zero-order valence-corrected chi connectivity index (χ0v) is 11.6. The van der Waals surface area contributed by atoms with Crippen LogP contribution in [0, 0.1) is 11.3 Å². The molecule has 18 heavy (non-hydrogen) atoms. The summed E-state index contributed by atoms with van der Waals surface area (Å²) in [6.45, 7) is 4.19. The van der Waals surface area contributed by atoms with Crippen LogP contribution in [-0.2, 0) is 14.6 Å². The molecule has 0 aromatic heterocycles. The summed E-state index contributed by atoms with van der Waals surface area (Å²) in [6.07, 6.45) is -1.08. The summed E-state index contributed by atoms with van der Waals surface area (Å²) < 4.78 is 53.8. The van der Waals surface area contributed by atoms with E-state index in [1.165, 1.54) is 0 Å². The summed E-state index contributed by atoms with van der Waals surface area (Å²) in [5, 5.41) is 7.36. The van der Waals surface area contributed by atoms with Crippen LogP contribution >= 0.6 is 0 Å². The van der Waals surface area contributed by atoms with E-state index in [2.05, 4.69) is 0 Å². The third-order valence-corrected chi connectivity index (χ3v) is 4.19. The highest BCUT2D eigenvalue weighted by Crippen LogP contribution is 2.22. The van der Waals surface area contributed by atoms with E-state index >= 15 is 0 Å². The van der Waals surface area contributed by atoms with Gasteiger partial charge in [0.25, 0.3) is 0 Å². The van der Waals surface area contributed by atoms with E-state index in [1.54, 1.807) is 19.9 Å². The van der Waals surface area contributed by atoms with E-state index in [0.717, 1.165) is 0 Å². The summed E-state index contributed by atoms with van der Waals surface area (Å²) in [7, 11) is -3.71. The Morgan fingerprint density at radius 3 is 2.33 bits per heavy atom. The Morgan fingerprint density at radius 1 is 1.39 bits per heavy atom. The van der Waals surface area contributed by atoms with Gasteiger partial charge in [-0.3, -0.25) is 0 Å². The van der Waals surface area contributed by atoms with Gasteiger partial charge in [0.15, 0.2) is 9.84 Å². The molecule has 0 N–H and O–H groups in total. The van der Waals surface area contributed by atoms with E-state index in [-0.39, 0.29) is 24.9 Å². The molecule has 0 radical (unpaired) electrons. The predicted molar refractivity (Wildman–Crippen MR) is 64.1 cm³/mol. The Balaban J connectivity index is 4.41. The minimum absolute atomic E-state index is 0.0271. The van der Waals surface area contributed by atoms with Crippen LogP contribution in [0.3, 0.4) is 0 Å². The maximum atomic E-state index is 12.6. The van der Waals surface area contributed by atoms with Crippen LogP contribution in [-0.4, -0.2) is 38.1 Å². The normalized spacial score (nSPS) is 14.5. The molecule has 1 atom stereocenters. The molecular weight excluding hydrogens is 264 g/mol. The molecule has 0 saturated carbocycles. The second-order valence-electron chi connectivity index (χ2n) is 4.51. The quantitative estimate of drug-likeness (QED) is 0.684. The van der Waals surface area contributed by atoms with Crippen molar-refractivity contribution < 1.29 is 21.9 Å². The Kier molecular flexibility index (Phi) is 6.71. The van der Waals surface area contributed by atoms with E-state index < -0.39 is 27.4 Å². The Bertz CT molecular complexity index is 382. The number of sulfone groups is 1. The monoisotopic (exact) mass is 283 g/mol. The van der Waals surface area contributed by atoms with Crippen molar-refractivity contribution in [2.75, 3.05) is 12.4 Å². The van der Waals surface area contributed by atoms with Gasteiger partial charge in [0.05, 0.1) is 24.5 Å². The number of hydrogen-bond acceptors (Lipinski definition) is 4. The van der Waals surface area contributed by atoms with Crippen molar-refractivity contribution in [2.45, 2.75) is 50.9 Å². The molecule has 0 bridgehead atoms. The topological polar surface area (TPSA) is 67.2 Å². The molecule has 7 heteroatoms. The molecule has 0 aromatic rings. The van der Waals surface area contributed by atoms with Crippen molar-refractivity contribution in [3.05, 3.63) is 0 Å². The number of alkyl halides is 2. The predicted octanol–water partition coefficient (Wildman–Crippen LogP) is 2.15. The molecule has 0 aromatic carbocycles. The molecular formula is C11H19F2NO3S. The highest BCUT2D eigenvalue weighted by Gasteiger charge is 2.30. The second-order valence-corrected chi connectivity index (χ2v) is 6.82. The van der Waals surface area contributed by atoms with Gasteiger partial charge in [-0.05, 0) is 27.2 Å².